The van der Waals surface area contributed by atoms with Crippen LogP contribution in [0.2, 0.25) is 0 Å². The topological polar surface area (TPSA) is 40.5 Å². The Morgan fingerprint density at radius 1 is 1.12 bits per heavy atom. The third kappa shape index (κ3) is 3.95. The van der Waals surface area contributed by atoms with Gasteiger partial charge in [0.25, 0.3) is 0 Å². The quantitative estimate of drug-likeness (QED) is 0.696. The van der Waals surface area contributed by atoms with Gasteiger partial charge < -0.3 is 10.2 Å². The Balaban J connectivity index is 2.64. The molecule has 0 amide bonds. The number of rotatable bonds is 7. The van der Waals surface area contributed by atoms with Gasteiger partial charge in [0.15, 0.2) is 0 Å². The Morgan fingerprint density at radius 2 is 1.81 bits per heavy atom. The van der Waals surface area contributed by atoms with Crippen molar-refractivity contribution in [3.05, 3.63) is 35.9 Å². The second kappa shape index (κ2) is 7.42. The summed E-state index contributed by atoms with van der Waals surface area (Å²) in [6.07, 6.45) is 3.77. The first-order chi connectivity index (χ1) is 7.79. The van der Waals surface area contributed by atoms with E-state index >= 15 is 0 Å². The van der Waals surface area contributed by atoms with Crippen LogP contribution in [0, 0.1) is 0 Å². The lowest BCUT2D eigenvalue weighted by atomic mass is 9.88. The van der Waals surface area contributed by atoms with Crippen molar-refractivity contribution in [1.82, 2.24) is 0 Å². The van der Waals surface area contributed by atoms with Crippen molar-refractivity contribution in [2.75, 3.05) is 6.61 Å². The van der Waals surface area contributed by atoms with Gasteiger partial charge in [-0.25, -0.2) is 0 Å². The van der Waals surface area contributed by atoms with Crippen molar-refractivity contribution >= 4 is 0 Å². The molecule has 0 aliphatic heterocycles. The van der Waals surface area contributed by atoms with E-state index in [4.69, 9.17) is 5.11 Å². The van der Waals surface area contributed by atoms with Crippen LogP contribution in [-0.4, -0.2) is 22.9 Å². The van der Waals surface area contributed by atoms with Gasteiger partial charge in [-0.1, -0.05) is 56.5 Å². The number of unbranched alkanes of at least 4 members (excludes halogenated alkanes) is 2. The predicted molar refractivity (Wildman–Crippen MR) is 66.4 cm³/mol. The molecule has 0 bridgehead atoms. The van der Waals surface area contributed by atoms with Crippen molar-refractivity contribution in [2.45, 2.75) is 44.6 Å². The Labute approximate surface area is 97.9 Å². The molecule has 2 unspecified atom stereocenters. The number of hydrogen-bond acceptors (Lipinski definition) is 2. The molecule has 2 nitrogen and oxygen atoms in total. The maximum absolute atomic E-state index is 9.82. The van der Waals surface area contributed by atoms with Crippen molar-refractivity contribution in [2.24, 2.45) is 0 Å². The highest BCUT2D eigenvalue weighted by Crippen LogP contribution is 2.25. The van der Waals surface area contributed by atoms with Gasteiger partial charge in [-0.05, 0) is 12.0 Å². The molecule has 0 aliphatic rings. The monoisotopic (exact) mass is 222 g/mol. The molecule has 90 valence electrons. The molecule has 0 aromatic heterocycles. The minimum atomic E-state index is -0.640. The summed E-state index contributed by atoms with van der Waals surface area (Å²) in [6, 6.07) is 9.97. The van der Waals surface area contributed by atoms with E-state index in [0.717, 1.165) is 18.4 Å². The molecular weight excluding hydrogens is 200 g/mol. The average molecular weight is 222 g/mol. The molecule has 0 spiro atoms. The summed E-state index contributed by atoms with van der Waals surface area (Å²) in [5, 5.41) is 18.9. The summed E-state index contributed by atoms with van der Waals surface area (Å²) in [5.74, 6) is 0.0674. The smallest absolute Gasteiger partial charge is 0.0839 e. The lowest BCUT2D eigenvalue weighted by molar-refractivity contribution is 0.0692. The molecule has 0 saturated heterocycles. The molecule has 2 heteroatoms. The van der Waals surface area contributed by atoms with Crippen LogP contribution < -0.4 is 0 Å². The first kappa shape index (κ1) is 13.2. The maximum Gasteiger partial charge on any atom is 0.0839 e. The lowest BCUT2D eigenvalue weighted by Crippen LogP contribution is -2.22. The summed E-state index contributed by atoms with van der Waals surface area (Å²) >= 11 is 0. The zero-order valence-electron chi connectivity index (χ0n) is 9.97. The van der Waals surface area contributed by atoms with Gasteiger partial charge in [-0.15, -0.1) is 0 Å². The number of benzene rings is 1. The fourth-order valence-corrected chi connectivity index (χ4v) is 2.02. The van der Waals surface area contributed by atoms with Crippen molar-refractivity contribution in [1.29, 1.82) is 0 Å². The van der Waals surface area contributed by atoms with Gasteiger partial charge in [0.05, 0.1) is 12.7 Å². The van der Waals surface area contributed by atoms with Crippen LogP contribution in [0.4, 0.5) is 0 Å². The van der Waals surface area contributed by atoms with Gasteiger partial charge in [-0.2, -0.15) is 0 Å². The van der Waals surface area contributed by atoms with Crippen LogP contribution in [0.25, 0.3) is 0 Å². The van der Waals surface area contributed by atoms with Crippen molar-refractivity contribution in [3.63, 3.8) is 0 Å². The van der Waals surface area contributed by atoms with Crippen LogP contribution in [-0.2, 0) is 0 Å². The van der Waals surface area contributed by atoms with E-state index in [1.54, 1.807) is 0 Å². The minimum Gasteiger partial charge on any atom is -0.394 e. The van der Waals surface area contributed by atoms with Crippen LogP contribution in [0.15, 0.2) is 30.3 Å². The first-order valence-electron chi connectivity index (χ1n) is 6.13. The molecule has 0 radical (unpaired) electrons. The summed E-state index contributed by atoms with van der Waals surface area (Å²) in [5.41, 5.74) is 1.13. The van der Waals surface area contributed by atoms with Crippen molar-refractivity contribution in [3.8, 4) is 0 Å². The molecule has 2 N–H and O–H groups in total. The molecule has 2 atom stereocenters. The molecule has 0 saturated carbocycles. The van der Waals surface area contributed by atoms with Gasteiger partial charge >= 0.3 is 0 Å². The summed E-state index contributed by atoms with van der Waals surface area (Å²) in [4.78, 5) is 0. The SMILES string of the molecule is CCCCCC(c1ccccc1)C(O)CO. The van der Waals surface area contributed by atoms with Crippen LogP contribution in [0.5, 0.6) is 0 Å². The van der Waals surface area contributed by atoms with Gasteiger partial charge in [0.2, 0.25) is 0 Å². The van der Waals surface area contributed by atoms with Crippen LogP contribution in [0.1, 0.15) is 44.1 Å². The highest BCUT2D eigenvalue weighted by Gasteiger charge is 2.19. The van der Waals surface area contributed by atoms with E-state index in [0.29, 0.717) is 0 Å². The van der Waals surface area contributed by atoms with Gasteiger partial charge in [-0.3, -0.25) is 0 Å². The predicted octanol–water partition coefficient (Wildman–Crippen LogP) is 2.70. The Kier molecular flexibility index (Phi) is 6.12. The highest BCUT2D eigenvalue weighted by atomic mass is 16.3. The second-order valence-corrected chi connectivity index (χ2v) is 4.26. The third-order valence-corrected chi connectivity index (χ3v) is 3.00. The normalized spacial score (nSPS) is 14.7. The van der Waals surface area contributed by atoms with Crippen LogP contribution >= 0.6 is 0 Å². The van der Waals surface area contributed by atoms with Gasteiger partial charge in [0.1, 0.15) is 0 Å². The zero-order valence-corrected chi connectivity index (χ0v) is 9.97. The molecular formula is C14H22O2. The Morgan fingerprint density at radius 3 is 2.38 bits per heavy atom. The van der Waals surface area contributed by atoms with Gasteiger partial charge in [0, 0.05) is 5.92 Å². The summed E-state index contributed by atoms with van der Waals surface area (Å²) in [7, 11) is 0. The molecule has 0 fully saturated rings. The van der Waals surface area contributed by atoms with E-state index < -0.39 is 6.10 Å². The molecule has 1 rings (SSSR count). The van der Waals surface area contributed by atoms with E-state index in [1.165, 1.54) is 12.8 Å². The van der Waals surface area contributed by atoms with E-state index in [-0.39, 0.29) is 12.5 Å². The van der Waals surface area contributed by atoms with E-state index in [2.05, 4.69) is 6.92 Å². The van der Waals surface area contributed by atoms with E-state index in [1.807, 2.05) is 30.3 Å². The van der Waals surface area contributed by atoms with Crippen molar-refractivity contribution < 1.29 is 10.2 Å². The number of aliphatic hydroxyl groups excluding tert-OH is 2. The lowest BCUT2D eigenvalue weighted by Gasteiger charge is -2.21. The Hall–Kier alpha value is -0.860. The fourth-order valence-electron chi connectivity index (χ4n) is 2.02. The minimum absolute atomic E-state index is 0.0674. The maximum atomic E-state index is 9.82. The fraction of sp³-hybridized carbons (Fsp3) is 0.571. The largest absolute Gasteiger partial charge is 0.394 e. The molecule has 0 aliphatic carbocycles. The second-order valence-electron chi connectivity index (χ2n) is 4.26. The summed E-state index contributed by atoms with van der Waals surface area (Å²) < 4.78 is 0. The molecule has 16 heavy (non-hydrogen) atoms. The Bertz CT molecular complexity index is 271. The summed E-state index contributed by atoms with van der Waals surface area (Å²) in [6.45, 7) is 2.01. The standard InChI is InChI=1S/C14H22O2/c1-2-3-5-10-13(14(16)11-15)12-8-6-4-7-9-12/h4,6-9,13-16H,2-3,5,10-11H2,1H3. The zero-order chi connectivity index (χ0) is 11.8. The highest BCUT2D eigenvalue weighted by molar-refractivity contribution is 5.20. The molecule has 0 heterocycles. The first-order valence-corrected chi connectivity index (χ1v) is 6.13. The third-order valence-electron chi connectivity index (χ3n) is 3.00. The number of aliphatic hydroxyl groups is 2. The average Bonchev–Trinajstić information content (AvgIpc) is 2.35. The number of hydrogen-bond donors (Lipinski definition) is 2. The van der Waals surface area contributed by atoms with E-state index in [9.17, 15) is 5.11 Å². The molecule has 1 aromatic carbocycles. The molecule has 1 aromatic rings. The van der Waals surface area contributed by atoms with Crippen LogP contribution in [0.3, 0.4) is 0 Å².